The Kier molecular flexibility index (Phi) is 5.49. The molecule has 1 aliphatic rings. The van der Waals surface area contributed by atoms with Crippen LogP contribution in [-0.2, 0) is 4.79 Å². The largest absolute Gasteiger partial charge is 0.369 e. The molecule has 28 heavy (non-hydrogen) atoms. The molecular formula is C23H24ClN3O. The van der Waals surface area contributed by atoms with Crippen molar-refractivity contribution >= 4 is 35.0 Å². The Hall–Kier alpha value is -2.77. The molecular weight excluding hydrogens is 370 g/mol. The molecule has 1 atom stereocenters. The van der Waals surface area contributed by atoms with Gasteiger partial charge >= 0.3 is 0 Å². The summed E-state index contributed by atoms with van der Waals surface area (Å²) in [5.41, 5.74) is 3.66. The highest BCUT2D eigenvalue weighted by Gasteiger charge is 2.34. The molecule has 0 bridgehead atoms. The van der Waals surface area contributed by atoms with Gasteiger partial charge in [0.25, 0.3) is 5.91 Å². The van der Waals surface area contributed by atoms with Gasteiger partial charge in [-0.15, -0.1) is 0 Å². The van der Waals surface area contributed by atoms with E-state index in [1.54, 1.807) is 18.2 Å². The second-order valence-electron chi connectivity index (χ2n) is 7.90. The van der Waals surface area contributed by atoms with Gasteiger partial charge in [-0.3, -0.25) is 4.79 Å². The van der Waals surface area contributed by atoms with E-state index >= 15 is 0 Å². The normalized spacial score (nSPS) is 18.2. The first-order chi connectivity index (χ1) is 13.2. The Morgan fingerprint density at radius 1 is 1.32 bits per heavy atom. The van der Waals surface area contributed by atoms with Crippen molar-refractivity contribution in [2.75, 3.05) is 17.3 Å². The summed E-state index contributed by atoms with van der Waals surface area (Å²) in [6.45, 7) is 6.63. The molecule has 0 fully saturated rings. The molecule has 0 aromatic heterocycles. The van der Waals surface area contributed by atoms with E-state index < -0.39 is 5.91 Å². The molecule has 0 aliphatic carbocycles. The van der Waals surface area contributed by atoms with Crippen molar-refractivity contribution in [2.45, 2.75) is 38.6 Å². The Morgan fingerprint density at radius 3 is 2.64 bits per heavy atom. The van der Waals surface area contributed by atoms with Crippen LogP contribution in [0.15, 0.2) is 48.0 Å². The van der Waals surface area contributed by atoms with Gasteiger partial charge in [0.2, 0.25) is 0 Å². The third kappa shape index (κ3) is 3.90. The number of nitrogens with one attached hydrogen (secondary N) is 1. The van der Waals surface area contributed by atoms with Crippen molar-refractivity contribution in [2.24, 2.45) is 0 Å². The van der Waals surface area contributed by atoms with Crippen molar-refractivity contribution in [1.29, 1.82) is 5.26 Å². The van der Waals surface area contributed by atoms with Crippen molar-refractivity contribution in [3.63, 3.8) is 0 Å². The third-order valence-corrected chi connectivity index (χ3v) is 5.78. The minimum atomic E-state index is -0.450. The number of rotatable bonds is 3. The number of carbonyl (C=O) groups excluding carboxylic acids is 1. The standard InChI is InChI=1S/C23H24ClN3O/c1-15-13-23(2,3)27(4)21-12-20(24)16(11-19(15)21)10-17(14-25)22(28)26-18-8-6-5-7-9-18/h5-12,15H,13H2,1-4H3,(H,26,28)/b17-10-. The lowest BCUT2D eigenvalue weighted by molar-refractivity contribution is -0.112. The summed E-state index contributed by atoms with van der Waals surface area (Å²) in [5, 5.41) is 12.8. The van der Waals surface area contributed by atoms with Crippen molar-refractivity contribution in [3.05, 3.63) is 64.2 Å². The summed E-state index contributed by atoms with van der Waals surface area (Å²) in [7, 11) is 2.07. The van der Waals surface area contributed by atoms with Gasteiger partial charge < -0.3 is 10.2 Å². The van der Waals surface area contributed by atoms with E-state index in [0.717, 1.165) is 12.1 Å². The molecule has 4 nitrogen and oxygen atoms in total. The van der Waals surface area contributed by atoms with Crippen molar-refractivity contribution < 1.29 is 4.79 Å². The van der Waals surface area contributed by atoms with Crippen LogP contribution in [-0.4, -0.2) is 18.5 Å². The van der Waals surface area contributed by atoms with E-state index in [-0.39, 0.29) is 11.1 Å². The van der Waals surface area contributed by atoms with Gasteiger partial charge in [0.1, 0.15) is 11.6 Å². The molecule has 1 unspecified atom stereocenters. The summed E-state index contributed by atoms with van der Waals surface area (Å²) in [5.74, 6) is -0.0944. The smallest absolute Gasteiger partial charge is 0.266 e. The fraction of sp³-hybridized carbons (Fsp3) is 0.304. The first-order valence-corrected chi connectivity index (χ1v) is 9.66. The molecule has 1 heterocycles. The lowest BCUT2D eigenvalue weighted by Gasteiger charge is -2.45. The van der Waals surface area contributed by atoms with E-state index in [1.807, 2.05) is 36.4 Å². The zero-order valence-electron chi connectivity index (χ0n) is 16.6. The van der Waals surface area contributed by atoms with Crippen LogP contribution in [0.25, 0.3) is 6.08 Å². The molecule has 2 aromatic rings. The average Bonchev–Trinajstić information content (AvgIpc) is 2.65. The van der Waals surface area contributed by atoms with Gasteiger partial charge in [0.15, 0.2) is 0 Å². The van der Waals surface area contributed by atoms with E-state index in [1.165, 1.54) is 5.56 Å². The number of nitriles is 1. The summed E-state index contributed by atoms with van der Waals surface area (Å²) in [6.07, 6.45) is 2.58. The SMILES string of the molecule is CC1CC(C)(C)N(C)c2cc(Cl)c(/C=C(/C#N)C(=O)Nc3ccccc3)cc21. The molecule has 144 valence electrons. The second-order valence-corrected chi connectivity index (χ2v) is 8.31. The van der Waals surface area contributed by atoms with Crippen LogP contribution in [0.4, 0.5) is 11.4 Å². The predicted molar refractivity (Wildman–Crippen MR) is 116 cm³/mol. The molecule has 3 rings (SSSR count). The molecule has 1 amide bonds. The Balaban J connectivity index is 1.96. The number of amides is 1. The minimum absolute atomic E-state index is 0.0165. The number of para-hydroxylation sites is 1. The van der Waals surface area contributed by atoms with E-state index in [9.17, 15) is 10.1 Å². The molecule has 0 radical (unpaired) electrons. The molecule has 2 aromatic carbocycles. The number of anilines is 2. The fourth-order valence-electron chi connectivity index (χ4n) is 3.74. The Morgan fingerprint density at radius 2 is 2.00 bits per heavy atom. The number of hydrogen-bond donors (Lipinski definition) is 1. The van der Waals surface area contributed by atoms with Gasteiger partial charge in [0, 0.05) is 29.0 Å². The minimum Gasteiger partial charge on any atom is -0.369 e. The molecule has 1 N–H and O–H groups in total. The number of halogens is 1. The highest BCUT2D eigenvalue weighted by atomic mass is 35.5. The molecule has 1 aliphatic heterocycles. The van der Waals surface area contributed by atoms with Crippen molar-refractivity contribution in [3.8, 4) is 6.07 Å². The highest BCUT2D eigenvalue weighted by molar-refractivity contribution is 6.32. The van der Waals surface area contributed by atoms with Crippen LogP contribution in [0.1, 0.15) is 44.2 Å². The summed E-state index contributed by atoms with van der Waals surface area (Å²) in [6, 6.07) is 15.0. The second kappa shape index (κ2) is 7.69. The summed E-state index contributed by atoms with van der Waals surface area (Å²) in [4.78, 5) is 14.7. The summed E-state index contributed by atoms with van der Waals surface area (Å²) < 4.78 is 0. The van der Waals surface area contributed by atoms with Gasteiger partial charge in [-0.05, 0) is 67.7 Å². The van der Waals surface area contributed by atoms with Gasteiger partial charge in [-0.1, -0.05) is 36.7 Å². The maximum absolute atomic E-state index is 12.5. The van der Waals surface area contributed by atoms with Crippen LogP contribution in [0.2, 0.25) is 5.02 Å². The first kappa shape index (κ1) is 20.0. The quantitative estimate of drug-likeness (QED) is 0.544. The summed E-state index contributed by atoms with van der Waals surface area (Å²) >= 11 is 6.52. The maximum atomic E-state index is 12.5. The molecule has 0 saturated carbocycles. The number of benzene rings is 2. The lowest BCUT2D eigenvalue weighted by atomic mass is 9.80. The predicted octanol–water partition coefficient (Wildman–Crippen LogP) is 5.61. The number of carbonyl (C=O) groups is 1. The van der Waals surface area contributed by atoms with Gasteiger partial charge in [-0.25, -0.2) is 0 Å². The van der Waals surface area contributed by atoms with Crippen LogP contribution in [0.5, 0.6) is 0 Å². The van der Waals surface area contributed by atoms with E-state index in [0.29, 0.717) is 22.2 Å². The van der Waals surface area contributed by atoms with Gasteiger partial charge in [0.05, 0.1) is 0 Å². The Labute approximate surface area is 171 Å². The van der Waals surface area contributed by atoms with Crippen LogP contribution in [0, 0.1) is 11.3 Å². The van der Waals surface area contributed by atoms with E-state index in [4.69, 9.17) is 11.6 Å². The third-order valence-electron chi connectivity index (χ3n) is 5.45. The topological polar surface area (TPSA) is 56.1 Å². The molecule has 0 spiro atoms. The fourth-order valence-corrected chi connectivity index (χ4v) is 3.95. The van der Waals surface area contributed by atoms with Gasteiger partial charge in [-0.2, -0.15) is 5.26 Å². The van der Waals surface area contributed by atoms with Crippen LogP contribution >= 0.6 is 11.6 Å². The lowest BCUT2D eigenvalue weighted by Crippen LogP contribution is -2.45. The molecule has 5 heteroatoms. The number of nitrogens with zero attached hydrogens (tertiary/aromatic N) is 2. The van der Waals surface area contributed by atoms with Crippen LogP contribution in [0.3, 0.4) is 0 Å². The average molecular weight is 394 g/mol. The number of hydrogen-bond acceptors (Lipinski definition) is 3. The monoisotopic (exact) mass is 393 g/mol. The first-order valence-electron chi connectivity index (χ1n) is 9.28. The zero-order chi connectivity index (χ0) is 20.5. The number of fused-ring (bicyclic) bond motifs is 1. The highest BCUT2D eigenvalue weighted by Crippen LogP contribution is 2.44. The zero-order valence-corrected chi connectivity index (χ0v) is 17.3. The maximum Gasteiger partial charge on any atom is 0.266 e. The molecule has 0 saturated heterocycles. The van der Waals surface area contributed by atoms with Crippen LogP contribution < -0.4 is 10.2 Å². The Bertz CT molecular complexity index is 973. The van der Waals surface area contributed by atoms with Crippen molar-refractivity contribution in [1.82, 2.24) is 0 Å². The van der Waals surface area contributed by atoms with E-state index in [2.05, 4.69) is 38.0 Å².